The molecular formula is C12H15N5. The third kappa shape index (κ3) is 4.08. The minimum Gasteiger partial charge on any atom is -0.340 e. The Kier molecular flexibility index (Phi) is 4.90. The van der Waals surface area contributed by atoms with E-state index in [-0.39, 0.29) is 0 Å². The van der Waals surface area contributed by atoms with Crippen molar-refractivity contribution in [1.29, 1.82) is 10.5 Å². The van der Waals surface area contributed by atoms with Crippen LogP contribution in [0.4, 0.5) is 5.95 Å². The van der Waals surface area contributed by atoms with E-state index in [2.05, 4.69) is 29.9 Å². The predicted molar refractivity (Wildman–Crippen MR) is 64.0 cm³/mol. The molecule has 88 valence electrons. The van der Waals surface area contributed by atoms with Crippen molar-refractivity contribution >= 4 is 5.95 Å². The zero-order chi connectivity index (χ0) is 12.7. The van der Waals surface area contributed by atoms with E-state index in [1.807, 2.05) is 11.0 Å². The number of hydrogen-bond acceptors (Lipinski definition) is 5. The lowest BCUT2D eigenvalue weighted by molar-refractivity contribution is 0.602. The molecule has 0 saturated carbocycles. The van der Waals surface area contributed by atoms with Gasteiger partial charge in [-0.3, -0.25) is 0 Å². The smallest absolute Gasteiger partial charge is 0.226 e. The summed E-state index contributed by atoms with van der Waals surface area (Å²) in [5.41, 5.74) is 0.348. The minimum absolute atomic E-state index is 0.348. The van der Waals surface area contributed by atoms with E-state index in [4.69, 9.17) is 10.5 Å². The monoisotopic (exact) mass is 229 g/mol. The molecule has 0 aliphatic carbocycles. The van der Waals surface area contributed by atoms with Crippen LogP contribution in [-0.4, -0.2) is 23.1 Å². The van der Waals surface area contributed by atoms with Gasteiger partial charge in [-0.2, -0.15) is 10.5 Å². The third-order valence-corrected chi connectivity index (χ3v) is 2.12. The summed E-state index contributed by atoms with van der Waals surface area (Å²) in [5.74, 6) is 0.969. The highest BCUT2D eigenvalue weighted by Crippen LogP contribution is 2.10. The number of hydrogen-bond donors (Lipinski definition) is 0. The van der Waals surface area contributed by atoms with Gasteiger partial charge in [0.15, 0.2) is 0 Å². The van der Waals surface area contributed by atoms with Crippen molar-refractivity contribution in [2.24, 2.45) is 5.92 Å². The van der Waals surface area contributed by atoms with Crippen LogP contribution in [0.5, 0.6) is 0 Å². The molecule has 1 heterocycles. The van der Waals surface area contributed by atoms with Gasteiger partial charge in [-0.05, 0) is 12.0 Å². The van der Waals surface area contributed by atoms with E-state index in [0.717, 1.165) is 6.54 Å². The molecule has 0 amide bonds. The molecule has 0 bridgehead atoms. The highest BCUT2D eigenvalue weighted by atomic mass is 15.2. The summed E-state index contributed by atoms with van der Waals surface area (Å²) in [6.07, 6.45) is 1.99. The average molecular weight is 229 g/mol. The molecule has 5 nitrogen and oxygen atoms in total. The summed E-state index contributed by atoms with van der Waals surface area (Å²) in [4.78, 5) is 10.2. The molecule has 0 aromatic carbocycles. The van der Waals surface area contributed by atoms with Crippen LogP contribution >= 0.6 is 0 Å². The van der Waals surface area contributed by atoms with Crippen LogP contribution in [0.2, 0.25) is 0 Å². The van der Waals surface area contributed by atoms with E-state index >= 15 is 0 Å². The second-order valence-corrected chi connectivity index (χ2v) is 4.10. The summed E-state index contributed by atoms with van der Waals surface area (Å²) < 4.78 is 0. The fourth-order valence-electron chi connectivity index (χ4n) is 1.46. The molecule has 0 radical (unpaired) electrons. The van der Waals surface area contributed by atoms with Gasteiger partial charge in [-0.15, -0.1) is 0 Å². The van der Waals surface area contributed by atoms with Crippen LogP contribution in [0.25, 0.3) is 0 Å². The van der Waals surface area contributed by atoms with Gasteiger partial charge in [0.1, 0.15) is 11.8 Å². The lowest BCUT2D eigenvalue weighted by Gasteiger charge is -2.23. The zero-order valence-electron chi connectivity index (χ0n) is 10.1. The Hall–Kier alpha value is -2.14. The topological polar surface area (TPSA) is 76.6 Å². The van der Waals surface area contributed by atoms with Crippen molar-refractivity contribution in [3.05, 3.63) is 18.0 Å². The summed E-state index contributed by atoms with van der Waals surface area (Å²) in [6.45, 7) is 5.54. The Labute approximate surface area is 101 Å². The van der Waals surface area contributed by atoms with E-state index < -0.39 is 0 Å². The highest BCUT2D eigenvalue weighted by molar-refractivity contribution is 5.33. The molecule has 0 unspecified atom stereocenters. The molecule has 0 N–H and O–H groups in total. The molecular weight excluding hydrogens is 214 g/mol. The Morgan fingerprint density at radius 2 is 2.18 bits per heavy atom. The largest absolute Gasteiger partial charge is 0.340 e. The van der Waals surface area contributed by atoms with Crippen molar-refractivity contribution in [3.63, 3.8) is 0 Å². The molecule has 0 aliphatic heterocycles. The van der Waals surface area contributed by atoms with E-state index in [1.165, 1.54) is 0 Å². The van der Waals surface area contributed by atoms with Crippen molar-refractivity contribution in [3.8, 4) is 12.1 Å². The van der Waals surface area contributed by atoms with Crippen molar-refractivity contribution in [1.82, 2.24) is 9.97 Å². The summed E-state index contributed by atoms with van der Waals surface area (Å²) in [5, 5.41) is 17.4. The molecule has 1 aromatic heterocycles. The number of aromatic nitrogens is 2. The number of nitrogens with zero attached hydrogens (tertiary/aromatic N) is 5. The third-order valence-electron chi connectivity index (χ3n) is 2.12. The van der Waals surface area contributed by atoms with Gasteiger partial charge in [-0.1, -0.05) is 13.8 Å². The Morgan fingerprint density at radius 1 is 1.41 bits per heavy atom. The van der Waals surface area contributed by atoms with E-state index in [9.17, 15) is 0 Å². The minimum atomic E-state index is 0.348. The quantitative estimate of drug-likeness (QED) is 0.768. The zero-order valence-corrected chi connectivity index (χ0v) is 10.1. The molecule has 0 aliphatic rings. The van der Waals surface area contributed by atoms with Gasteiger partial charge in [0.25, 0.3) is 0 Å². The molecule has 1 rings (SSSR count). The van der Waals surface area contributed by atoms with Crippen molar-refractivity contribution in [2.45, 2.75) is 20.3 Å². The number of rotatable bonds is 5. The Morgan fingerprint density at radius 3 is 2.76 bits per heavy atom. The molecule has 1 aromatic rings. The SMILES string of the molecule is CC(C)CN(CCC#N)c1nccc(C#N)n1. The Balaban J connectivity index is 2.88. The number of nitriles is 2. The van der Waals surface area contributed by atoms with Crippen molar-refractivity contribution < 1.29 is 0 Å². The maximum Gasteiger partial charge on any atom is 0.226 e. The summed E-state index contributed by atoms with van der Waals surface area (Å²) >= 11 is 0. The average Bonchev–Trinajstić information content (AvgIpc) is 2.34. The standard InChI is InChI=1S/C12H15N5/c1-10(2)9-17(7-3-5-13)12-15-6-4-11(8-14)16-12/h4,6,10H,3,7,9H2,1-2H3. The molecule has 17 heavy (non-hydrogen) atoms. The van der Waals surface area contributed by atoms with Gasteiger partial charge in [0.2, 0.25) is 5.95 Å². The maximum atomic E-state index is 8.79. The fraction of sp³-hybridized carbons (Fsp3) is 0.500. The first kappa shape index (κ1) is 12.9. The molecule has 5 heteroatoms. The first-order chi connectivity index (χ1) is 8.17. The Bertz CT molecular complexity index is 441. The highest BCUT2D eigenvalue weighted by Gasteiger charge is 2.11. The van der Waals surface area contributed by atoms with Gasteiger partial charge >= 0.3 is 0 Å². The van der Waals surface area contributed by atoms with Gasteiger partial charge in [-0.25, -0.2) is 9.97 Å². The molecule has 0 fully saturated rings. The second kappa shape index (κ2) is 6.44. The van der Waals surface area contributed by atoms with Crippen LogP contribution in [0.15, 0.2) is 12.3 Å². The van der Waals surface area contributed by atoms with E-state index in [0.29, 0.717) is 30.5 Å². The van der Waals surface area contributed by atoms with Crippen molar-refractivity contribution in [2.75, 3.05) is 18.0 Å². The van der Waals surface area contributed by atoms with Gasteiger partial charge in [0.05, 0.1) is 12.5 Å². The van der Waals surface area contributed by atoms with Crippen LogP contribution in [0.1, 0.15) is 26.0 Å². The normalized spacial score (nSPS) is 9.71. The molecule has 0 saturated heterocycles. The summed E-state index contributed by atoms with van der Waals surface area (Å²) in [7, 11) is 0. The van der Waals surface area contributed by atoms with Crippen LogP contribution in [-0.2, 0) is 0 Å². The first-order valence-electron chi connectivity index (χ1n) is 5.52. The van der Waals surface area contributed by atoms with E-state index in [1.54, 1.807) is 12.3 Å². The number of anilines is 1. The lowest BCUT2D eigenvalue weighted by atomic mass is 10.2. The predicted octanol–water partition coefficient (Wildman–Crippen LogP) is 1.72. The van der Waals surface area contributed by atoms with Crippen LogP contribution in [0.3, 0.4) is 0 Å². The second-order valence-electron chi connectivity index (χ2n) is 4.10. The maximum absolute atomic E-state index is 8.79. The van der Waals surface area contributed by atoms with Crippen LogP contribution in [0, 0.1) is 28.6 Å². The molecule has 0 spiro atoms. The summed E-state index contributed by atoms with van der Waals surface area (Å²) in [6, 6.07) is 5.67. The van der Waals surface area contributed by atoms with Crippen LogP contribution < -0.4 is 4.90 Å². The lowest BCUT2D eigenvalue weighted by Crippen LogP contribution is -2.30. The fourth-order valence-corrected chi connectivity index (χ4v) is 1.46. The van der Waals surface area contributed by atoms with Gasteiger partial charge < -0.3 is 4.90 Å². The van der Waals surface area contributed by atoms with Gasteiger partial charge in [0, 0.05) is 19.3 Å². The molecule has 0 atom stereocenters. The first-order valence-corrected chi connectivity index (χ1v) is 5.52.